The van der Waals surface area contributed by atoms with Crippen molar-refractivity contribution in [3.8, 4) is 5.75 Å². The minimum atomic E-state index is -4.05. The molecule has 0 spiro atoms. The zero-order valence-electron chi connectivity index (χ0n) is 12.5. The quantitative estimate of drug-likeness (QED) is 0.929. The summed E-state index contributed by atoms with van der Waals surface area (Å²) in [6, 6.07) is 6.31. The molecule has 116 valence electrons. The average molecular weight is 320 g/mol. The molecule has 0 fully saturated rings. The van der Waals surface area contributed by atoms with E-state index in [0.717, 1.165) is 5.56 Å². The van der Waals surface area contributed by atoms with Gasteiger partial charge in [-0.15, -0.1) is 0 Å². The van der Waals surface area contributed by atoms with E-state index in [0.29, 0.717) is 5.56 Å². The summed E-state index contributed by atoms with van der Waals surface area (Å²) >= 11 is 0. The molecule has 1 aromatic carbocycles. The summed E-state index contributed by atoms with van der Waals surface area (Å²) in [5.74, 6) is -0.522. The van der Waals surface area contributed by atoms with Crippen LogP contribution in [0.5, 0.6) is 5.75 Å². The van der Waals surface area contributed by atoms with E-state index in [1.54, 1.807) is 26.0 Å². The number of sulfonamides is 1. The van der Waals surface area contributed by atoms with Crippen molar-refractivity contribution in [1.82, 2.24) is 9.71 Å². The molecule has 0 aliphatic rings. The molecule has 1 amide bonds. The number of benzene rings is 1. The molecule has 2 aromatic rings. The molecule has 1 N–H and O–H groups in total. The van der Waals surface area contributed by atoms with Crippen molar-refractivity contribution in [3.05, 3.63) is 53.3 Å². The third kappa shape index (κ3) is 3.25. The molecule has 22 heavy (non-hydrogen) atoms. The SMILES string of the molecule is COc1c(C)cc(C)cc1S(=O)(=O)NC(=O)c1cccnc1. The highest BCUT2D eigenvalue weighted by Gasteiger charge is 2.24. The standard InChI is InChI=1S/C15H16N2O4S/c1-10-7-11(2)14(21-3)13(8-10)22(19,20)17-15(18)12-5-4-6-16-9-12/h4-9H,1-3H3,(H,17,18). The van der Waals surface area contributed by atoms with Crippen molar-refractivity contribution < 1.29 is 17.9 Å². The van der Waals surface area contributed by atoms with Gasteiger partial charge in [-0.25, -0.2) is 13.1 Å². The number of carbonyl (C=O) groups is 1. The van der Waals surface area contributed by atoms with E-state index >= 15 is 0 Å². The number of methoxy groups -OCH3 is 1. The number of rotatable bonds is 4. The molecule has 0 radical (unpaired) electrons. The lowest BCUT2D eigenvalue weighted by Gasteiger charge is -2.13. The summed E-state index contributed by atoms with van der Waals surface area (Å²) in [5.41, 5.74) is 1.60. The number of carbonyl (C=O) groups excluding carboxylic acids is 1. The maximum absolute atomic E-state index is 12.5. The number of hydrogen-bond donors (Lipinski definition) is 1. The van der Waals surface area contributed by atoms with Crippen LogP contribution in [0.25, 0.3) is 0 Å². The van der Waals surface area contributed by atoms with Crippen LogP contribution in [-0.4, -0.2) is 26.4 Å². The summed E-state index contributed by atoms with van der Waals surface area (Å²) < 4.78 is 32.1. The van der Waals surface area contributed by atoms with E-state index in [2.05, 4.69) is 4.98 Å². The lowest BCUT2D eigenvalue weighted by molar-refractivity contribution is 0.0981. The van der Waals surface area contributed by atoms with Crippen LogP contribution < -0.4 is 9.46 Å². The largest absolute Gasteiger partial charge is 0.495 e. The summed E-state index contributed by atoms with van der Waals surface area (Å²) in [6.45, 7) is 3.52. The van der Waals surface area contributed by atoms with Crippen LogP contribution in [0.3, 0.4) is 0 Å². The number of ether oxygens (including phenoxy) is 1. The average Bonchev–Trinajstić information content (AvgIpc) is 2.47. The van der Waals surface area contributed by atoms with Gasteiger partial charge in [0.05, 0.1) is 12.7 Å². The Morgan fingerprint density at radius 3 is 2.59 bits per heavy atom. The van der Waals surface area contributed by atoms with Gasteiger partial charge in [-0.1, -0.05) is 6.07 Å². The molecule has 0 saturated heterocycles. The van der Waals surface area contributed by atoms with Gasteiger partial charge in [0, 0.05) is 12.4 Å². The Balaban J connectivity index is 2.42. The van der Waals surface area contributed by atoms with Crippen LogP contribution in [0.4, 0.5) is 0 Å². The van der Waals surface area contributed by atoms with E-state index in [1.807, 2.05) is 4.72 Å². The molecule has 0 aliphatic carbocycles. The normalized spacial score (nSPS) is 11.0. The van der Waals surface area contributed by atoms with Crippen LogP contribution in [0.1, 0.15) is 21.5 Å². The minimum Gasteiger partial charge on any atom is -0.495 e. The van der Waals surface area contributed by atoms with Crippen LogP contribution in [0, 0.1) is 13.8 Å². The van der Waals surface area contributed by atoms with Gasteiger partial charge >= 0.3 is 0 Å². The first kappa shape index (κ1) is 16.0. The van der Waals surface area contributed by atoms with Gasteiger partial charge in [0.2, 0.25) is 0 Å². The number of amides is 1. The van der Waals surface area contributed by atoms with E-state index in [1.165, 1.54) is 31.6 Å². The van der Waals surface area contributed by atoms with Crippen molar-refractivity contribution in [3.63, 3.8) is 0 Å². The summed E-state index contributed by atoms with van der Waals surface area (Å²) in [6.07, 6.45) is 2.79. The molecule has 1 heterocycles. The highest BCUT2D eigenvalue weighted by Crippen LogP contribution is 2.29. The molecular weight excluding hydrogens is 304 g/mol. The minimum absolute atomic E-state index is 0.0651. The second-order valence-corrected chi connectivity index (χ2v) is 6.44. The fraction of sp³-hybridized carbons (Fsp3) is 0.200. The van der Waals surface area contributed by atoms with E-state index in [-0.39, 0.29) is 16.2 Å². The molecule has 0 bridgehead atoms. The van der Waals surface area contributed by atoms with Crippen LogP contribution in [0.15, 0.2) is 41.6 Å². The lowest BCUT2D eigenvalue weighted by atomic mass is 10.1. The predicted octanol–water partition coefficient (Wildman–Crippen LogP) is 1.83. The van der Waals surface area contributed by atoms with Gasteiger partial charge in [0.15, 0.2) is 0 Å². The second kappa shape index (κ2) is 6.15. The fourth-order valence-electron chi connectivity index (χ4n) is 2.11. The number of aryl methyl sites for hydroxylation is 2. The Morgan fingerprint density at radius 1 is 1.27 bits per heavy atom. The fourth-order valence-corrected chi connectivity index (χ4v) is 3.41. The number of hydrogen-bond acceptors (Lipinski definition) is 5. The second-order valence-electron chi connectivity index (χ2n) is 4.79. The molecule has 0 saturated carbocycles. The lowest BCUT2D eigenvalue weighted by Crippen LogP contribution is -2.31. The van der Waals surface area contributed by atoms with E-state index in [4.69, 9.17) is 4.74 Å². The maximum Gasteiger partial charge on any atom is 0.268 e. The number of pyridine rings is 1. The Hall–Kier alpha value is -2.41. The van der Waals surface area contributed by atoms with Crippen LogP contribution >= 0.6 is 0 Å². The summed E-state index contributed by atoms with van der Waals surface area (Å²) in [7, 11) is -2.66. The van der Waals surface area contributed by atoms with Crippen molar-refractivity contribution in [2.45, 2.75) is 18.7 Å². The molecule has 7 heteroatoms. The van der Waals surface area contributed by atoms with Gasteiger partial charge < -0.3 is 4.74 Å². The first-order chi connectivity index (χ1) is 10.3. The molecule has 2 rings (SSSR count). The monoisotopic (exact) mass is 320 g/mol. The van der Waals surface area contributed by atoms with Gasteiger partial charge in [-0.2, -0.15) is 0 Å². The third-order valence-corrected chi connectivity index (χ3v) is 4.37. The Labute approximate surface area is 129 Å². The zero-order valence-corrected chi connectivity index (χ0v) is 13.3. The molecule has 0 unspecified atom stereocenters. The Kier molecular flexibility index (Phi) is 4.46. The Bertz CT molecular complexity index is 802. The molecule has 0 atom stereocenters. The predicted molar refractivity (Wildman–Crippen MR) is 81.4 cm³/mol. The Morgan fingerprint density at radius 2 is 2.00 bits per heavy atom. The number of aromatic nitrogens is 1. The maximum atomic E-state index is 12.5. The highest BCUT2D eigenvalue weighted by molar-refractivity contribution is 7.90. The smallest absolute Gasteiger partial charge is 0.268 e. The number of nitrogens with one attached hydrogen (secondary N) is 1. The summed E-state index contributed by atoms with van der Waals surface area (Å²) in [4.78, 5) is 15.8. The van der Waals surface area contributed by atoms with Crippen molar-refractivity contribution in [1.29, 1.82) is 0 Å². The molecule has 6 nitrogen and oxygen atoms in total. The zero-order chi connectivity index (χ0) is 16.3. The van der Waals surface area contributed by atoms with Crippen molar-refractivity contribution in [2.24, 2.45) is 0 Å². The highest BCUT2D eigenvalue weighted by atomic mass is 32.2. The first-order valence-electron chi connectivity index (χ1n) is 6.47. The van der Waals surface area contributed by atoms with Gasteiger partial charge in [-0.05, 0) is 43.2 Å². The van der Waals surface area contributed by atoms with E-state index in [9.17, 15) is 13.2 Å². The third-order valence-electron chi connectivity index (χ3n) is 3.03. The van der Waals surface area contributed by atoms with Gasteiger partial charge in [0.1, 0.15) is 10.6 Å². The van der Waals surface area contributed by atoms with Crippen molar-refractivity contribution in [2.75, 3.05) is 7.11 Å². The van der Waals surface area contributed by atoms with Crippen molar-refractivity contribution >= 4 is 15.9 Å². The topological polar surface area (TPSA) is 85.4 Å². The molecule has 1 aromatic heterocycles. The first-order valence-corrected chi connectivity index (χ1v) is 7.96. The summed E-state index contributed by atoms with van der Waals surface area (Å²) in [5, 5.41) is 0. The van der Waals surface area contributed by atoms with Crippen LogP contribution in [0.2, 0.25) is 0 Å². The van der Waals surface area contributed by atoms with Gasteiger partial charge in [-0.3, -0.25) is 9.78 Å². The van der Waals surface area contributed by atoms with Gasteiger partial charge in [0.25, 0.3) is 15.9 Å². The number of nitrogens with zero attached hydrogens (tertiary/aromatic N) is 1. The molecule has 0 aliphatic heterocycles. The molecular formula is C15H16N2O4S. The van der Waals surface area contributed by atoms with Crippen LogP contribution in [-0.2, 0) is 10.0 Å². The van der Waals surface area contributed by atoms with E-state index < -0.39 is 15.9 Å².